The molecule has 4 heteroatoms. The fraction of sp³-hybridized carbons (Fsp3) is 0.353. The van der Waals surface area contributed by atoms with Crippen molar-refractivity contribution in [3.8, 4) is 17.5 Å². The van der Waals surface area contributed by atoms with E-state index in [2.05, 4.69) is 31.0 Å². The molecule has 112 valence electrons. The van der Waals surface area contributed by atoms with Gasteiger partial charge < -0.3 is 15.2 Å². The van der Waals surface area contributed by atoms with E-state index in [1.54, 1.807) is 12.1 Å². The molecule has 0 radical (unpaired) electrons. The Labute approximate surface area is 125 Å². The van der Waals surface area contributed by atoms with Crippen LogP contribution in [0.2, 0.25) is 0 Å². The van der Waals surface area contributed by atoms with E-state index in [1.165, 1.54) is 5.56 Å². The van der Waals surface area contributed by atoms with Crippen LogP contribution in [0.1, 0.15) is 39.2 Å². The predicted molar refractivity (Wildman–Crippen MR) is 85.0 cm³/mol. The van der Waals surface area contributed by atoms with Crippen LogP contribution >= 0.6 is 0 Å². The highest BCUT2D eigenvalue weighted by atomic mass is 16.5. The van der Waals surface area contributed by atoms with Gasteiger partial charge in [0.05, 0.1) is 11.8 Å². The Morgan fingerprint density at radius 1 is 0.952 bits per heavy atom. The summed E-state index contributed by atoms with van der Waals surface area (Å²) in [6.45, 7) is 8.18. The minimum atomic E-state index is 0.0142. The van der Waals surface area contributed by atoms with Gasteiger partial charge in [-0.25, -0.2) is 0 Å². The van der Waals surface area contributed by atoms with Crippen molar-refractivity contribution in [3.63, 3.8) is 0 Å². The summed E-state index contributed by atoms with van der Waals surface area (Å²) in [7, 11) is 0. The van der Waals surface area contributed by atoms with Crippen LogP contribution in [0.25, 0.3) is 0 Å². The summed E-state index contributed by atoms with van der Waals surface area (Å²) in [5.74, 6) is 2.12. The number of rotatable bonds is 5. The molecule has 0 fully saturated rings. The highest BCUT2D eigenvalue weighted by Gasteiger charge is 2.08. The van der Waals surface area contributed by atoms with Crippen LogP contribution in [0.15, 0.2) is 36.4 Å². The van der Waals surface area contributed by atoms with Gasteiger partial charge in [0.2, 0.25) is 11.8 Å². The maximum atomic E-state index is 5.84. The van der Waals surface area contributed by atoms with Crippen LogP contribution in [0.5, 0.6) is 17.5 Å². The van der Waals surface area contributed by atoms with Crippen molar-refractivity contribution >= 4 is 5.69 Å². The van der Waals surface area contributed by atoms with Gasteiger partial charge in [-0.15, -0.1) is 0 Å². The maximum absolute atomic E-state index is 5.84. The van der Waals surface area contributed by atoms with Gasteiger partial charge in [0.1, 0.15) is 5.75 Å². The van der Waals surface area contributed by atoms with Gasteiger partial charge in [-0.1, -0.05) is 26.0 Å². The van der Waals surface area contributed by atoms with E-state index in [4.69, 9.17) is 15.2 Å². The number of anilines is 1. The number of nitrogens with two attached hydrogens (primary N) is 1. The number of nitrogens with zero attached hydrogens (tertiary/aromatic N) is 1. The Morgan fingerprint density at radius 2 is 1.62 bits per heavy atom. The van der Waals surface area contributed by atoms with Gasteiger partial charge in [-0.3, -0.25) is 0 Å². The second-order valence-electron chi connectivity index (χ2n) is 5.54. The lowest BCUT2D eigenvalue weighted by Gasteiger charge is -2.13. The van der Waals surface area contributed by atoms with Crippen LogP contribution in [-0.2, 0) is 0 Å². The summed E-state index contributed by atoms with van der Waals surface area (Å²) in [5, 5.41) is 0. The van der Waals surface area contributed by atoms with Gasteiger partial charge >= 0.3 is 0 Å². The van der Waals surface area contributed by atoms with Crippen molar-refractivity contribution < 1.29 is 9.47 Å². The first-order valence-corrected chi connectivity index (χ1v) is 7.16. The lowest BCUT2D eigenvalue weighted by Crippen LogP contribution is -2.09. The number of ether oxygens (including phenoxy) is 2. The molecule has 0 aliphatic heterocycles. The molecule has 2 aromatic rings. The van der Waals surface area contributed by atoms with E-state index < -0.39 is 0 Å². The minimum Gasteiger partial charge on any atom is -0.473 e. The quantitative estimate of drug-likeness (QED) is 0.886. The molecule has 0 aliphatic rings. The summed E-state index contributed by atoms with van der Waals surface area (Å²) < 4.78 is 11.3. The first-order valence-electron chi connectivity index (χ1n) is 7.16. The number of hydrogen-bond donors (Lipinski definition) is 1. The van der Waals surface area contributed by atoms with E-state index in [0.29, 0.717) is 23.4 Å². The fourth-order valence-electron chi connectivity index (χ4n) is 1.85. The molecule has 0 aliphatic carbocycles. The molecule has 2 rings (SSSR count). The zero-order valence-corrected chi connectivity index (χ0v) is 13.0. The SMILES string of the molecule is CC(C)Oc1nc(Oc2ccc(C(C)C)cc2)ccc1N. The van der Waals surface area contributed by atoms with Crippen LogP contribution in [-0.4, -0.2) is 11.1 Å². The number of aromatic nitrogens is 1. The zero-order valence-electron chi connectivity index (χ0n) is 13.0. The molecule has 1 aromatic carbocycles. The highest BCUT2D eigenvalue weighted by Crippen LogP contribution is 2.27. The monoisotopic (exact) mass is 286 g/mol. The Bertz CT molecular complexity index is 592. The molecule has 0 bridgehead atoms. The second kappa shape index (κ2) is 6.48. The van der Waals surface area contributed by atoms with Crippen molar-refractivity contribution in [2.24, 2.45) is 0 Å². The molecule has 1 heterocycles. The Balaban J connectivity index is 2.15. The van der Waals surface area contributed by atoms with Crippen LogP contribution in [0.4, 0.5) is 5.69 Å². The van der Waals surface area contributed by atoms with Crippen molar-refractivity contribution in [2.45, 2.75) is 39.7 Å². The second-order valence-corrected chi connectivity index (χ2v) is 5.54. The molecular weight excluding hydrogens is 264 g/mol. The molecular formula is C17H22N2O2. The van der Waals surface area contributed by atoms with E-state index in [0.717, 1.165) is 5.75 Å². The van der Waals surface area contributed by atoms with Crippen LogP contribution in [0.3, 0.4) is 0 Å². The van der Waals surface area contributed by atoms with Crippen molar-refractivity contribution in [3.05, 3.63) is 42.0 Å². The molecule has 4 nitrogen and oxygen atoms in total. The largest absolute Gasteiger partial charge is 0.473 e. The molecule has 2 N–H and O–H groups in total. The normalized spacial score (nSPS) is 11.0. The van der Waals surface area contributed by atoms with E-state index >= 15 is 0 Å². The van der Waals surface area contributed by atoms with E-state index in [1.807, 2.05) is 26.0 Å². The number of nitrogen functional groups attached to an aromatic ring is 1. The van der Waals surface area contributed by atoms with Gasteiger partial charge in [0, 0.05) is 6.07 Å². The maximum Gasteiger partial charge on any atom is 0.240 e. The van der Waals surface area contributed by atoms with Gasteiger partial charge in [-0.2, -0.15) is 4.98 Å². The zero-order chi connectivity index (χ0) is 15.4. The molecule has 0 unspecified atom stereocenters. The summed E-state index contributed by atoms with van der Waals surface area (Å²) in [4.78, 5) is 4.30. The summed E-state index contributed by atoms with van der Waals surface area (Å²) >= 11 is 0. The first-order chi connectivity index (χ1) is 9.95. The average Bonchev–Trinajstić information content (AvgIpc) is 2.42. The van der Waals surface area contributed by atoms with Crippen molar-refractivity contribution in [2.75, 3.05) is 5.73 Å². The van der Waals surface area contributed by atoms with Gasteiger partial charge in [0.15, 0.2) is 0 Å². The molecule has 0 saturated heterocycles. The minimum absolute atomic E-state index is 0.0142. The smallest absolute Gasteiger partial charge is 0.240 e. The summed E-state index contributed by atoms with van der Waals surface area (Å²) in [6, 6.07) is 11.5. The Morgan fingerprint density at radius 3 is 2.19 bits per heavy atom. The molecule has 0 spiro atoms. The number of hydrogen-bond acceptors (Lipinski definition) is 4. The third-order valence-electron chi connectivity index (χ3n) is 2.98. The predicted octanol–water partition coefficient (Wildman–Crippen LogP) is 4.37. The Kier molecular flexibility index (Phi) is 4.68. The van der Waals surface area contributed by atoms with Crippen molar-refractivity contribution in [1.82, 2.24) is 4.98 Å². The average molecular weight is 286 g/mol. The van der Waals surface area contributed by atoms with Gasteiger partial charge in [0.25, 0.3) is 0 Å². The van der Waals surface area contributed by atoms with E-state index in [9.17, 15) is 0 Å². The van der Waals surface area contributed by atoms with Gasteiger partial charge in [-0.05, 0) is 43.5 Å². The highest BCUT2D eigenvalue weighted by molar-refractivity contribution is 5.49. The van der Waals surface area contributed by atoms with Crippen LogP contribution < -0.4 is 15.2 Å². The summed E-state index contributed by atoms with van der Waals surface area (Å²) in [5.41, 5.74) is 7.62. The van der Waals surface area contributed by atoms with Crippen LogP contribution in [0, 0.1) is 0 Å². The van der Waals surface area contributed by atoms with Crippen molar-refractivity contribution in [1.29, 1.82) is 0 Å². The van der Waals surface area contributed by atoms with E-state index in [-0.39, 0.29) is 6.10 Å². The summed E-state index contributed by atoms with van der Waals surface area (Å²) in [6.07, 6.45) is 0.0142. The molecule has 21 heavy (non-hydrogen) atoms. The topological polar surface area (TPSA) is 57.4 Å². The fourth-order valence-corrected chi connectivity index (χ4v) is 1.85. The molecule has 1 aromatic heterocycles. The lowest BCUT2D eigenvalue weighted by molar-refractivity contribution is 0.232. The lowest BCUT2D eigenvalue weighted by atomic mass is 10.0. The molecule has 0 atom stereocenters. The Hall–Kier alpha value is -2.23. The number of benzene rings is 1. The first kappa shape index (κ1) is 15.2. The molecule has 0 saturated carbocycles. The number of pyridine rings is 1. The molecule has 0 amide bonds. The third-order valence-corrected chi connectivity index (χ3v) is 2.98. The third kappa shape index (κ3) is 4.12. The standard InChI is InChI=1S/C17H22N2O2/c1-11(2)13-5-7-14(8-6-13)21-16-10-9-15(18)17(19-16)20-12(3)4/h5-12H,18H2,1-4H3.